The molecule has 0 aromatic heterocycles. The molecule has 9 heteroatoms. The highest BCUT2D eigenvalue weighted by molar-refractivity contribution is 5.79. The largest absolute Gasteiger partial charge is 0.504 e. The summed E-state index contributed by atoms with van der Waals surface area (Å²) in [6.45, 7) is 6.35. The van der Waals surface area contributed by atoms with Crippen molar-refractivity contribution in [3.63, 3.8) is 0 Å². The van der Waals surface area contributed by atoms with Crippen molar-refractivity contribution in [1.82, 2.24) is 10.2 Å². The minimum atomic E-state index is -0.709. The Balaban J connectivity index is 1.54. The van der Waals surface area contributed by atoms with Crippen molar-refractivity contribution in [3.8, 4) is 11.5 Å². The van der Waals surface area contributed by atoms with Gasteiger partial charge in [0.25, 0.3) is 0 Å². The molecule has 2 fully saturated rings. The molecule has 6 atom stereocenters. The predicted octanol–water partition coefficient (Wildman–Crippen LogP) is 1.76. The van der Waals surface area contributed by atoms with Gasteiger partial charge in [-0.3, -0.25) is 14.9 Å². The van der Waals surface area contributed by atoms with Crippen LogP contribution in [0.3, 0.4) is 0 Å². The molecular weight excluding hydrogens is 462 g/mol. The number of likely N-dealkylation sites (N-methyl/N-ethyl adjacent to an activating group) is 1. The van der Waals surface area contributed by atoms with Crippen molar-refractivity contribution >= 4 is 11.9 Å². The number of likely N-dealkylation sites (tertiary alicyclic amines) is 1. The highest BCUT2D eigenvalue weighted by atomic mass is 16.6. The molecule has 1 saturated carbocycles. The molecule has 36 heavy (non-hydrogen) atoms. The van der Waals surface area contributed by atoms with E-state index in [1.54, 1.807) is 13.2 Å². The second-order valence-electron chi connectivity index (χ2n) is 11.9. The number of methoxy groups -OCH3 is 1. The molecule has 2 aliphatic carbocycles. The lowest BCUT2D eigenvalue weighted by Gasteiger charge is -2.65. The van der Waals surface area contributed by atoms with E-state index < -0.39 is 34.5 Å². The summed E-state index contributed by atoms with van der Waals surface area (Å²) in [4.78, 5) is 27.1. The van der Waals surface area contributed by atoms with Crippen molar-refractivity contribution < 1.29 is 28.9 Å². The Labute approximate surface area is 212 Å². The molecule has 4 aliphatic rings. The number of carbonyl (C=O) groups is 2. The third kappa shape index (κ3) is 3.62. The highest BCUT2D eigenvalue weighted by Gasteiger charge is 2.73. The number of primary amides is 1. The number of nitrogens with two attached hydrogens (primary N) is 1. The normalized spacial score (nSPS) is 33.4. The zero-order chi connectivity index (χ0) is 26.0. The molecule has 1 spiro atoms. The van der Waals surface area contributed by atoms with Gasteiger partial charge in [-0.2, -0.15) is 0 Å². The van der Waals surface area contributed by atoms with E-state index in [4.69, 9.17) is 19.9 Å². The first kappa shape index (κ1) is 25.3. The molecule has 2 aliphatic heterocycles. The first-order chi connectivity index (χ1) is 16.9. The predicted molar refractivity (Wildman–Crippen MR) is 133 cm³/mol. The second kappa shape index (κ2) is 8.60. The van der Waals surface area contributed by atoms with Crippen LogP contribution >= 0.6 is 0 Å². The first-order valence-corrected chi connectivity index (χ1v) is 13.0. The number of benzene rings is 1. The lowest BCUT2D eigenvalue weighted by Crippen LogP contribution is -2.78. The molecule has 198 valence electrons. The number of hydrogen-bond acceptors (Lipinski definition) is 8. The molecule has 5 rings (SSSR count). The van der Waals surface area contributed by atoms with E-state index in [-0.39, 0.29) is 36.8 Å². The van der Waals surface area contributed by atoms with Gasteiger partial charge in [-0.1, -0.05) is 6.07 Å². The Morgan fingerprint density at radius 2 is 2.08 bits per heavy atom. The number of nitrogens with zero attached hydrogens (tertiary/aromatic N) is 1. The number of esters is 1. The van der Waals surface area contributed by atoms with Crippen molar-refractivity contribution in [2.24, 2.45) is 5.73 Å². The van der Waals surface area contributed by atoms with Gasteiger partial charge in [0.15, 0.2) is 11.5 Å². The lowest BCUT2D eigenvalue weighted by atomic mass is 9.48. The maximum Gasteiger partial charge on any atom is 0.323 e. The topological polar surface area (TPSA) is 123 Å². The van der Waals surface area contributed by atoms with Crippen LogP contribution in [0, 0.1) is 0 Å². The van der Waals surface area contributed by atoms with Crippen LogP contribution in [0.25, 0.3) is 0 Å². The summed E-state index contributed by atoms with van der Waals surface area (Å²) in [5.74, 6) is -0.193. The van der Waals surface area contributed by atoms with Gasteiger partial charge in [0.05, 0.1) is 11.0 Å². The summed E-state index contributed by atoms with van der Waals surface area (Å²) in [6, 6.07) is 3.00. The molecule has 1 aromatic rings. The second-order valence-corrected chi connectivity index (χ2v) is 11.9. The zero-order valence-electron chi connectivity index (χ0n) is 21.9. The van der Waals surface area contributed by atoms with Gasteiger partial charge < -0.3 is 30.0 Å². The van der Waals surface area contributed by atoms with Crippen LogP contribution in [-0.2, 0) is 30.9 Å². The van der Waals surface area contributed by atoms with Gasteiger partial charge >= 0.3 is 5.97 Å². The molecular formula is C27H39N3O6. The third-order valence-corrected chi connectivity index (χ3v) is 8.84. The molecule has 2 heterocycles. The SMILES string of the molecule is CO[C@@]12CC[C@H](N[C@@H](CCC(N)=O)C(=O)OC(C)(C)C)[C@@H]3Oc4c(O)ccc5c4C31CCN(C)C2C5. The molecule has 4 N–H and O–H groups in total. The minimum Gasteiger partial charge on any atom is -0.504 e. The number of rotatable bonds is 7. The van der Waals surface area contributed by atoms with Crippen molar-refractivity contribution in [1.29, 1.82) is 0 Å². The summed E-state index contributed by atoms with van der Waals surface area (Å²) in [7, 11) is 3.95. The number of hydrogen-bond donors (Lipinski definition) is 3. The van der Waals surface area contributed by atoms with E-state index in [1.165, 1.54) is 5.56 Å². The summed E-state index contributed by atoms with van der Waals surface area (Å²) in [5.41, 5.74) is 6.09. The fourth-order valence-electron chi connectivity index (χ4n) is 7.50. The lowest BCUT2D eigenvalue weighted by molar-refractivity contribution is -0.204. The maximum atomic E-state index is 13.2. The Bertz CT molecular complexity index is 1070. The fraction of sp³-hybridized carbons (Fsp3) is 0.704. The number of amides is 1. The average molecular weight is 502 g/mol. The van der Waals surface area contributed by atoms with Crippen molar-refractivity contribution in [2.75, 3.05) is 20.7 Å². The summed E-state index contributed by atoms with van der Waals surface area (Å²) in [6.07, 6.45) is 3.11. The van der Waals surface area contributed by atoms with E-state index in [9.17, 15) is 14.7 Å². The molecule has 2 unspecified atom stereocenters. The molecule has 1 aromatic carbocycles. The fourth-order valence-corrected chi connectivity index (χ4v) is 7.50. The molecule has 1 saturated heterocycles. The number of piperidine rings is 1. The van der Waals surface area contributed by atoms with Crippen LogP contribution < -0.4 is 15.8 Å². The van der Waals surface area contributed by atoms with E-state index in [0.717, 1.165) is 31.4 Å². The molecule has 1 amide bonds. The standard InChI is InChI=1S/C27H39N3O6/c1-25(2,3)36-24(33)17(7-9-20(28)32)29-16-10-11-27(34-5)19-14-15-6-8-18(31)22-21(15)26(27,23(16)35-22)12-13-30(19)4/h6,8,16-17,19,23,29,31H,7,9-14H2,1-5H3,(H2,28,32)/t16-,17-,19?,23-,26?,27+/m0/s1. The average Bonchev–Trinajstić information content (AvgIpc) is 3.16. The van der Waals surface area contributed by atoms with Gasteiger partial charge in [-0.05, 0) is 78.1 Å². The first-order valence-electron chi connectivity index (χ1n) is 13.0. The smallest absolute Gasteiger partial charge is 0.323 e. The number of nitrogens with one attached hydrogen (secondary N) is 1. The van der Waals surface area contributed by atoms with Gasteiger partial charge in [0.2, 0.25) is 5.91 Å². The Hall–Kier alpha value is -2.36. The number of aromatic hydroxyl groups is 1. The van der Waals surface area contributed by atoms with Crippen LogP contribution in [0.1, 0.15) is 64.0 Å². The van der Waals surface area contributed by atoms with E-state index in [2.05, 4.69) is 17.3 Å². The summed E-state index contributed by atoms with van der Waals surface area (Å²) >= 11 is 0. The Kier molecular flexibility index (Phi) is 6.04. The summed E-state index contributed by atoms with van der Waals surface area (Å²) < 4.78 is 18.8. The van der Waals surface area contributed by atoms with Crippen molar-refractivity contribution in [3.05, 3.63) is 23.3 Å². The van der Waals surface area contributed by atoms with Gasteiger partial charge in [0, 0.05) is 31.2 Å². The van der Waals surface area contributed by atoms with Gasteiger partial charge in [-0.15, -0.1) is 0 Å². The number of phenolic OH excluding ortho intramolecular Hbond substituents is 1. The molecule has 0 radical (unpaired) electrons. The quantitative estimate of drug-likeness (QED) is 0.483. The van der Waals surface area contributed by atoms with E-state index >= 15 is 0 Å². The molecule has 9 nitrogen and oxygen atoms in total. The third-order valence-electron chi connectivity index (χ3n) is 8.84. The summed E-state index contributed by atoms with van der Waals surface area (Å²) in [5, 5.41) is 14.3. The Morgan fingerprint density at radius 3 is 2.75 bits per heavy atom. The van der Waals surface area contributed by atoms with Crippen LogP contribution in [0.5, 0.6) is 11.5 Å². The number of phenols is 1. The molecule has 2 bridgehead atoms. The number of carbonyl (C=O) groups excluding carboxylic acids is 2. The van der Waals surface area contributed by atoms with Crippen LogP contribution in [0.4, 0.5) is 0 Å². The minimum absolute atomic E-state index is 0.0698. The van der Waals surface area contributed by atoms with Crippen LogP contribution in [0.15, 0.2) is 12.1 Å². The van der Waals surface area contributed by atoms with Gasteiger partial charge in [0.1, 0.15) is 17.7 Å². The van der Waals surface area contributed by atoms with Crippen LogP contribution in [0.2, 0.25) is 0 Å². The van der Waals surface area contributed by atoms with Crippen molar-refractivity contribution in [2.45, 2.75) is 100 Å². The Morgan fingerprint density at radius 1 is 1.33 bits per heavy atom. The monoisotopic (exact) mass is 501 g/mol. The highest BCUT2D eigenvalue weighted by Crippen LogP contribution is 2.66. The van der Waals surface area contributed by atoms with E-state index in [1.807, 2.05) is 26.8 Å². The van der Waals surface area contributed by atoms with Gasteiger partial charge in [-0.25, -0.2) is 0 Å². The maximum absolute atomic E-state index is 13.2. The zero-order valence-corrected chi connectivity index (χ0v) is 21.9. The number of ether oxygens (including phenoxy) is 3. The van der Waals surface area contributed by atoms with Crippen LogP contribution in [-0.4, -0.2) is 78.0 Å². The van der Waals surface area contributed by atoms with E-state index in [0.29, 0.717) is 12.2 Å².